The summed E-state index contributed by atoms with van der Waals surface area (Å²) < 4.78 is 7.72. The Morgan fingerprint density at radius 2 is 2.10 bits per heavy atom. The van der Waals surface area contributed by atoms with Crippen LogP contribution in [0.2, 0.25) is 0 Å². The number of aromatic nitrogens is 2. The van der Waals surface area contributed by atoms with Gasteiger partial charge < -0.3 is 19.9 Å². The number of nitrogens with one attached hydrogen (secondary N) is 2. The Kier molecular flexibility index (Phi) is 6.86. The van der Waals surface area contributed by atoms with Crippen LogP contribution in [0.3, 0.4) is 0 Å². The predicted molar refractivity (Wildman–Crippen MR) is 118 cm³/mol. The normalized spacial score (nSPS) is 19.8. The van der Waals surface area contributed by atoms with E-state index in [-0.39, 0.29) is 18.1 Å². The summed E-state index contributed by atoms with van der Waals surface area (Å²) in [6.45, 7) is 4.17. The molecule has 166 valence electrons. The van der Waals surface area contributed by atoms with Crippen molar-refractivity contribution in [2.24, 2.45) is 0 Å². The first-order chi connectivity index (χ1) is 15.1. The van der Waals surface area contributed by atoms with E-state index in [1.807, 2.05) is 42.0 Å². The van der Waals surface area contributed by atoms with Gasteiger partial charge in [0.25, 0.3) is 0 Å². The van der Waals surface area contributed by atoms with Crippen LogP contribution in [0.4, 0.5) is 10.5 Å². The highest BCUT2D eigenvalue weighted by Gasteiger charge is 2.34. The molecule has 0 spiro atoms. The van der Waals surface area contributed by atoms with Crippen molar-refractivity contribution < 1.29 is 14.3 Å². The lowest BCUT2D eigenvalue weighted by Crippen LogP contribution is -2.58. The molecule has 0 radical (unpaired) electrons. The van der Waals surface area contributed by atoms with Crippen LogP contribution in [0.5, 0.6) is 0 Å². The first kappa shape index (κ1) is 21.4. The summed E-state index contributed by atoms with van der Waals surface area (Å²) in [4.78, 5) is 31.6. The highest BCUT2D eigenvalue weighted by Crippen LogP contribution is 2.22. The number of carbonyl (C=O) groups excluding carboxylic acids is 2. The molecule has 1 aromatic heterocycles. The molecular formula is C23H31N5O3. The molecule has 1 aliphatic heterocycles. The maximum absolute atomic E-state index is 13.0. The fourth-order valence-electron chi connectivity index (χ4n) is 4.29. The van der Waals surface area contributed by atoms with Gasteiger partial charge in [-0.25, -0.2) is 9.78 Å². The van der Waals surface area contributed by atoms with Gasteiger partial charge in [-0.2, -0.15) is 0 Å². The van der Waals surface area contributed by atoms with Crippen LogP contribution < -0.4 is 10.6 Å². The van der Waals surface area contributed by atoms with E-state index in [4.69, 9.17) is 4.74 Å². The molecule has 1 saturated heterocycles. The Labute approximate surface area is 183 Å². The number of anilines is 1. The maximum Gasteiger partial charge on any atom is 0.410 e. The topological polar surface area (TPSA) is 88.5 Å². The van der Waals surface area contributed by atoms with Crippen molar-refractivity contribution in [1.82, 2.24) is 19.8 Å². The van der Waals surface area contributed by atoms with Gasteiger partial charge in [-0.05, 0) is 50.3 Å². The fraction of sp³-hybridized carbons (Fsp3) is 0.522. The van der Waals surface area contributed by atoms with Gasteiger partial charge in [-0.1, -0.05) is 18.6 Å². The maximum atomic E-state index is 13.0. The van der Waals surface area contributed by atoms with Crippen LogP contribution in [-0.4, -0.2) is 58.2 Å². The van der Waals surface area contributed by atoms with Gasteiger partial charge in [0.15, 0.2) is 0 Å². The van der Waals surface area contributed by atoms with E-state index in [0.717, 1.165) is 36.9 Å². The number of carbonyl (C=O) groups is 2. The summed E-state index contributed by atoms with van der Waals surface area (Å²) in [5.74, 6) is -0.205. The van der Waals surface area contributed by atoms with Crippen LogP contribution >= 0.6 is 0 Å². The van der Waals surface area contributed by atoms with Crippen molar-refractivity contribution in [2.45, 2.75) is 57.7 Å². The monoisotopic (exact) mass is 425 g/mol. The molecule has 8 heteroatoms. The summed E-state index contributed by atoms with van der Waals surface area (Å²) in [6, 6.07) is 7.16. The summed E-state index contributed by atoms with van der Waals surface area (Å²) in [7, 11) is 0. The lowest BCUT2D eigenvalue weighted by molar-refractivity contribution is -0.121. The molecule has 1 saturated carbocycles. The van der Waals surface area contributed by atoms with E-state index in [1.165, 1.54) is 6.42 Å². The SMILES string of the molecule is Cc1cn(Cc2cccc(NC(=O)[C@H]3CNCCN3C(=O)OC3CCCCC3)c2)cn1. The number of ether oxygens (including phenoxy) is 1. The average molecular weight is 426 g/mol. The zero-order valence-electron chi connectivity index (χ0n) is 18.0. The molecule has 1 aromatic carbocycles. The minimum Gasteiger partial charge on any atom is -0.446 e. The first-order valence-electron chi connectivity index (χ1n) is 11.1. The van der Waals surface area contributed by atoms with E-state index in [2.05, 4.69) is 15.6 Å². The fourth-order valence-corrected chi connectivity index (χ4v) is 4.29. The van der Waals surface area contributed by atoms with E-state index < -0.39 is 6.04 Å². The number of benzene rings is 1. The zero-order chi connectivity index (χ0) is 21.6. The van der Waals surface area contributed by atoms with Crippen molar-refractivity contribution in [1.29, 1.82) is 0 Å². The van der Waals surface area contributed by atoms with Crippen molar-refractivity contribution >= 4 is 17.7 Å². The van der Waals surface area contributed by atoms with Crippen molar-refractivity contribution in [3.05, 3.63) is 48.0 Å². The molecule has 2 N–H and O–H groups in total. The van der Waals surface area contributed by atoms with E-state index >= 15 is 0 Å². The van der Waals surface area contributed by atoms with Crippen LogP contribution in [0.1, 0.15) is 43.4 Å². The molecular weight excluding hydrogens is 394 g/mol. The minimum absolute atomic E-state index is 0.0247. The number of aryl methyl sites for hydroxylation is 1. The predicted octanol–water partition coefficient (Wildman–Crippen LogP) is 2.92. The molecule has 31 heavy (non-hydrogen) atoms. The second kappa shape index (κ2) is 9.96. The zero-order valence-corrected chi connectivity index (χ0v) is 18.0. The number of hydrogen-bond donors (Lipinski definition) is 2. The Morgan fingerprint density at radius 3 is 2.87 bits per heavy atom. The van der Waals surface area contributed by atoms with Gasteiger partial charge in [0.05, 0.1) is 12.0 Å². The van der Waals surface area contributed by atoms with E-state index in [9.17, 15) is 9.59 Å². The molecule has 2 heterocycles. The van der Waals surface area contributed by atoms with Crippen molar-refractivity contribution in [2.75, 3.05) is 25.0 Å². The Morgan fingerprint density at radius 1 is 1.26 bits per heavy atom. The van der Waals surface area contributed by atoms with E-state index in [0.29, 0.717) is 31.9 Å². The summed E-state index contributed by atoms with van der Waals surface area (Å²) >= 11 is 0. The summed E-state index contributed by atoms with van der Waals surface area (Å²) in [5.41, 5.74) is 2.74. The van der Waals surface area contributed by atoms with Crippen LogP contribution in [0.25, 0.3) is 0 Å². The second-order valence-electron chi connectivity index (χ2n) is 8.43. The summed E-state index contributed by atoms with van der Waals surface area (Å²) in [6.07, 6.45) is 8.60. The quantitative estimate of drug-likeness (QED) is 0.769. The highest BCUT2D eigenvalue weighted by molar-refractivity contribution is 5.97. The second-order valence-corrected chi connectivity index (χ2v) is 8.43. The van der Waals surface area contributed by atoms with Gasteiger partial charge in [-0.3, -0.25) is 9.69 Å². The Hall–Kier alpha value is -2.87. The Balaban J connectivity index is 1.39. The van der Waals surface area contributed by atoms with Gasteiger partial charge in [-0.15, -0.1) is 0 Å². The van der Waals surface area contributed by atoms with Crippen molar-refractivity contribution in [3.63, 3.8) is 0 Å². The van der Waals surface area contributed by atoms with Gasteiger partial charge in [0.2, 0.25) is 5.91 Å². The lowest BCUT2D eigenvalue weighted by Gasteiger charge is -2.35. The number of piperazine rings is 1. The third-order valence-corrected chi connectivity index (χ3v) is 5.92. The number of amides is 2. The van der Waals surface area contributed by atoms with Crippen LogP contribution in [0, 0.1) is 6.92 Å². The third kappa shape index (κ3) is 5.64. The van der Waals surface area contributed by atoms with Gasteiger partial charge in [0, 0.05) is 38.1 Å². The molecule has 1 atom stereocenters. The molecule has 2 aromatic rings. The van der Waals surface area contributed by atoms with Crippen molar-refractivity contribution in [3.8, 4) is 0 Å². The van der Waals surface area contributed by atoms with Gasteiger partial charge >= 0.3 is 6.09 Å². The summed E-state index contributed by atoms with van der Waals surface area (Å²) in [5, 5.41) is 6.19. The van der Waals surface area contributed by atoms with Gasteiger partial charge in [0.1, 0.15) is 12.1 Å². The molecule has 2 fully saturated rings. The molecule has 1 aliphatic carbocycles. The van der Waals surface area contributed by atoms with Crippen LogP contribution in [-0.2, 0) is 16.1 Å². The molecule has 2 aliphatic rings. The van der Waals surface area contributed by atoms with E-state index in [1.54, 1.807) is 11.2 Å². The molecule has 8 nitrogen and oxygen atoms in total. The largest absolute Gasteiger partial charge is 0.446 e. The minimum atomic E-state index is -0.593. The smallest absolute Gasteiger partial charge is 0.410 e. The Bertz CT molecular complexity index is 906. The first-order valence-corrected chi connectivity index (χ1v) is 11.1. The molecule has 0 bridgehead atoms. The third-order valence-electron chi connectivity index (χ3n) is 5.92. The lowest BCUT2D eigenvalue weighted by atomic mass is 9.98. The number of imidazole rings is 1. The molecule has 0 unspecified atom stereocenters. The number of hydrogen-bond acceptors (Lipinski definition) is 5. The highest BCUT2D eigenvalue weighted by atomic mass is 16.6. The molecule has 2 amide bonds. The molecule has 4 rings (SSSR count). The number of nitrogens with zero attached hydrogens (tertiary/aromatic N) is 3. The average Bonchev–Trinajstić information content (AvgIpc) is 3.19. The number of rotatable bonds is 5. The van der Waals surface area contributed by atoms with Crippen LogP contribution in [0.15, 0.2) is 36.8 Å². The standard InChI is InChI=1S/C23H31N5O3/c1-17-14-27(16-25-17)15-18-6-5-7-19(12-18)26-22(29)21-13-24-10-11-28(21)23(30)31-20-8-3-2-4-9-20/h5-7,12,14,16,20-21,24H,2-4,8-11,13,15H2,1H3,(H,26,29)/t21-/m1/s1.